The van der Waals surface area contributed by atoms with E-state index in [1.165, 1.54) is 6.92 Å². The molecule has 0 aromatic carbocycles. The van der Waals surface area contributed by atoms with E-state index >= 15 is 0 Å². The highest BCUT2D eigenvalue weighted by Gasteiger charge is 2.83. The van der Waals surface area contributed by atoms with Gasteiger partial charge in [-0.1, -0.05) is 65.5 Å². The van der Waals surface area contributed by atoms with Crippen molar-refractivity contribution in [1.82, 2.24) is 0 Å². The maximum absolute atomic E-state index is 13.2. The highest BCUT2D eigenvalue weighted by Crippen LogP contribution is 2.76. The van der Waals surface area contributed by atoms with Crippen LogP contribution in [0.25, 0.3) is 0 Å². The molecule has 4 aliphatic carbocycles. The molecule has 0 aliphatic heterocycles. The normalized spacial score (nSPS) is 39.4. The van der Waals surface area contributed by atoms with Gasteiger partial charge in [-0.15, -0.1) is 0 Å². The Morgan fingerprint density at radius 3 is 2.43 bits per heavy atom. The van der Waals surface area contributed by atoms with Gasteiger partial charge < -0.3 is 19.7 Å². The minimum Gasteiger partial charge on any atom is -0.461 e. The fraction of sp³-hybridized carbons (Fsp3) is 0.767. The van der Waals surface area contributed by atoms with E-state index in [4.69, 9.17) is 9.47 Å². The van der Waals surface area contributed by atoms with Gasteiger partial charge >= 0.3 is 11.9 Å². The Hall–Kier alpha value is -1.99. The van der Waals surface area contributed by atoms with Crippen molar-refractivity contribution in [1.29, 1.82) is 0 Å². The van der Waals surface area contributed by atoms with Gasteiger partial charge in [-0.05, 0) is 36.8 Å². The molecule has 4 rings (SSSR count). The maximum atomic E-state index is 13.2. The molecular formula is C30H44O7. The number of carbonyl (C=O) groups excluding carboxylic acids is 3. The van der Waals surface area contributed by atoms with Crippen molar-refractivity contribution in [2.75, 3.05) is 6.61 Å². The lowest BCUT2D eigenvalue weighted by molar-refractivity contribution is -0.187. The number of rotatable bonds is 9. The van der Waals surface area contributed by atoms with Gasteiger partial charge in [0, 0.05) is 42.9 Å². The molecule has 7 heteroatoms. The van der Waals surface area contributed by atoms with Gasteiger partial charge in [-0.2, -0.15) is 0 Å². The Balaban J connectivity index is 1.67. The van der Waals surface area contributed by atoms with Gasteiger partial charge in [-0.25, -0.2) is 0 Å². The zero-order valence-electron chi connectivity index (χ0n) is 23.3. The highest BCUT2D eigenvalue weighted by molar-refractivity contribution is 6.04. The summed E-state index contributed by atoms with van der Waals surface area (Å²) in [7, 11) is 0. The van der Waals surface area contributed by atoms with Gasteiger partial charge in [0.25, 0.3) is 0 Å². The second-order valence-corrected chi connectivity index (χ2v) is 12.6. The average Bonchev–Trinajstić information content (AvgIpc) is 3.21. The van der Waals surface area contributed by atoms with Crippen LogP contribution in [-0.4, -0.2) is 51.3 Å². The summed E-state index contributed by atoms with van der Waals surface area (Å²) in [6, 6.07) is 0. The molecule has 206 valence electrons. The van der Waals surface area contributed by atoms with Crippen LogP contribution in [0.5, 0.6) is 0 Å². The van der Waals surface area contributed by atoms with Crippen LogP contribution in [0.4, 0.5) is 0 Å². The minimum absolute atomic E-state index is 0.0130. The van der Waals surface area contributed by atoms with E-state index < -0.39 is 45.8 Å². The van der Waals surface area contributed by atoms with E-state index in [-0.39, 0.29) is 30.8 Å². The molecule has 37 heavy (non-hydrogen) atoms. The molecule has 2 N–H and O–H groups in total. The smallest absolute Gasteiger partial charge is 0.306 e. The lowest BCUT2D eigenvalue weighted by Crippen LogP contribution is -2.61. The number of carbonyl (C=O) groups is 3. The van der Waals surface area contributed by atoms with Gasteiger partial charge in [0.2, 0.25) is 0 Å². The first-order chi connectivity index (χ1) is 17.3. The van der Waals surface area contributed by atoms with Crippen LogP contribution in [-0.2, 0) is 23.9 Å². The first kappa shape index (κ1) is 28.0. The summed E-state index contributed by atoms with van der Waals surface area (Å²) >= 11 is 0. The number of esters is 2. The Bertz CT molecular complexity index is 1020. The van der Waals surface area contributed by atoms with Crippen molar-refractivity contribution in [2.24, 2.45) is 29.1 Å². The van der Waals surface area contributed by atoms with Gasteiger partial charge in [0.15, 0.2) is 5.78 Å². The number of ether oxygens (including phenoxy) is 2. The summed E-state index contributed by atoms with van der Waals surface area (Å²) in [5.74, 6) is -2.89. The number of ketones is 1. The largest absolute Gasteiger partial charge is 0.461 e. The van der Waals surface area contributed by atoms with E-state index in [2.05, 4.69) is 20.8 Å². The van der Waals surface area contributed by atoms with Crippen molar-refractivity contribution in [3.63, 3.8) is 0 Å². The third-order valence-corrected chi connectivity index (χ3v) is 9.91. The number of hydrogen-bond donors (Lipinski definition) is 2. The fourth-order valence-electron chi connectivity index (χ4n) is 7.91. The van der Waals surface area contributed by atoms with E-state index in [0.29, 0.717) is 24.0 Å². The molecule has 7 atom stereocenters. The number of unbranched alkanes of at least 4 members (excludes halogenated alkanes) is 4. The van der Waals surface area contributed by atoms with Crippen LogP contribution in [0, 0.1) is 29.1 Å². The van der Waals surface area contributed by atoms with Crippen molar-refractivity contribution < 1.29 is 34.1 Å². The molecule has 0 aromatic rings. The lowest BCUT2D eigenvalue weighted by atomic mass is 9.60. The van der Waals surface area contributed by atoms with Crippen molar-refractivity contribution in [3.8, 4) is 0 Å². The van der Waals surface area contributed by atoms with Crippen molar-refractivity contribution in [2.45, 2.75) is 110 Å². The molecule has 2 saturated carbocycles. The summed E-state index contributed by atoms with van der Waals surface area (Å²) in [6.07, 6.45) is 9.68. The number of Topliss-reactive ketones (excluding diaryl/α,β-unsaturated/α-hetero) is 1. The molecule has 0 heterocycles. The predicted octanol–water partition coefficient (Wildman–Crippen LogP) is 4.44. The Kier molecular flexibility index (Phi) is 7.30. The third-order valence-electron chi connectivity index (χ3n) is 9.91. The van der Waals surface area contributed by atoms with Gasteiger partial charge in [0.1, 0.15) is 17.8 Å². The molecule has 0 unspecified atom stereocenters. The molecule has 0 spiro atoms. The topological polar surface area (TPSA) is 110 Å². The molecule has 0 bridgehead atoms. The van der Waals surface area contributed by atoms with Crippen LogP contribution in [0.2, 0.25) is 0 Å². The number of hydrogen-bond acceptors (Lipinski definition) is 7. The second kappa shape index (κ2) is 9.64. The van der Waals surface area contributed by atoms with E-state index in [0.717, 1.165) is 32.1 Å². The Morgan fingerprint density at radius 2 is 1.78 bits per heavy atom. The average molecular weight is 517 g/mol. The number of aliphatic hydroxyl groups is 2. The molecule has 0 saturated heterocycles. The summed E-state index contributed by atoms with van der Waals surface area (Å²) in [5.41, 5.74) is -3.32. The molecule has 0 radical (unpaired) electrons. The van der Waals surface area contributed by atoms with E-state index in [9.17, 15) is 24.6 Å². The Morgan fingerprint density at radius 1 is 1.11 bits per heavy atom. The SMILES string of the molecule is CCCCCCCC(=O)O[C@@]12C[C@@H](C)[C@@]3(O)[C@@H](C=C(COC(C)=O)C[C@]4(O)C(=O)C(C)=C[C@@H]34)[C@@H]1C2(C)C. The van der Waals surface area contributed by atoms with Crippen molar-refractivity contribution >= 4 is 17.7 Å². The standard InChI is InChI=1S/C30H44O7/c1-7-8-9-10-11-12-24(32)37-29-15-19(3)30(35)22(25(29)27(29,5)6)14-21(17-36-20(4)31)16-28(34)23(30)13-18(2)26(28)33/h13-14,19,22-23,25,34-35H,7-12,15-17H2,1-6H3/t19-,22+,23-,25-,28-,29+,30-/m1/s1. The van der Waals surface area contributed by atoms with Gasteiger partial charge in [-0.3, -0.25) is 14.4 Å². The van der Waals surface area contributed by atoms with Crippen LogP contribution < -0.4 is 0 Å². The lowest BCUT2D eigenvalue weighted by Gasteiger charge is -2.50. The minimum atomic E-state index is -1.80. The molecular weight excluding hydrogens is 472 g/mol. The monoisotopic (exact) mass is 516 g/mol. The summed E-state index contributed by atoms with van der Waals surface area (Å²) < 4.78 is 11.6. The van der Waals surface area contributed by atoms with E-state index in [1.54, 1.807) is 13.0 Å². The zero-order valence-corrected chi connectivity index (χ0v) is 23.3. The first-order valence-electron chi connectivity index (χ1n) is 14.0. The van der Waals surface area contributed by atoms with E-state index in [1.807, 2.05) is 13.0 Å². The maximum Gasteiger partial charge on any atom is 0.306 e. The quantitative estimate of drug-likeness (QED) is 0.265. The van der Waals surface area contributed by atoms with Crippen LogP contribution in [0.15, 0.2) is 23.3 Å². The second-order valence-electron chi connectivity index (χ2n) is 12.6. The summed E-state index contributed by atoms with van der Waals surface area (Å²) in [5, 5.41) is 24.2. The molecule has 4 aliphatic rings. The molecule has 0 amide bonds. The summed E-state index contributed by atoms with van der Waals surface area (Å²) in [6.45, 7) is 11.2. The predicted molar refractivity (Wildman–Crippen MR) is 138 cm³/mol. The number of fused-ring (bicyclic) bond motifs is 5. The molecule has 7 nitrogen and oxygen atoms in total. The van der Waals surface area contributed by atoms with Crippen molar-refractivity contribution in [3.05, 3.63) is 23.3 Å². The highest BCUT2D eigenvalue weighted by atomic mass is 16.6. The van der Waals surface area contributed by atoms with Crippen LogP contribution >= 0.6 is 0 Å². The first-order valence-corrected chi connectivity index (χ1v) is 14.0. The van der Waals surface area contributed by atoms with Crippen LogP contribution in [0.1, 0.15) is 92.9 Å². The third kappa shape index (κ3) is 4.30. The van der Waals surface area contributed by atoms with Gasteiger partial charge in [0.05, 0.1) is 5.60 Å². The Labute approximate surface area is 220 Å². The molecule has 0 aromatic heterocycles. The van der Waals surface area contributed by atoms with Crippen LogP contribution in [0.3, 0.4) is 0 Å². The molecule has 2 fully saturated rings. The summed E-state index contributed by atoms with van der Waals surface area (Å²) in [4.78, 5) is 37.8. The fourth-order valence-corrected chi connectivity index (χ4v) is 7.91. The zero-order chi connectivity index (χ0) is 27.4.